The zero-order chi connectivity index (χ0) is 29.6. The minimum Gasteiger partial charge on any atom is -0.453 e. The van der Waals surface area contributed by atoms with E-state index < -0.39 is 17.0 Å². The van der Waals surface area contributed by atoms with Gasteiger partial charge in [0.2, 0.25) is 0 Å². The fourth-order valence-electron chi connectivity index (χ4n) is 5.17. The predicted octanol–water partition coefficient (Wildman–Crippen LogP) is 5.92. The Morgan fingerprint density at radius 3 is 2.52 bits per heavy atom. The van der Waals surface area contributed by atoms with Crippen molar-refractivity contribution in [1.82, 2.24) is 29.3 Å². The van der Waals surface area contributed by atoms with Crippen molar-refractivity contribution in [3.05, 3.63) is 82.8 Å². The molecule has 5 aromatic rings. The zero-order valence-electron chi connectivity index (χ0n) is 23.9. The van der Waals surface area contributed by atoms with Crippen LogP contribution in [0.5, 0.6) is 11.5 Å². The quantitative estimate of drug-likeness (QED) is 0.264. The average Bonchev–Trinajstić information content (AvgIpc) is 3.33. The molecule has 3 aromatic heterocycles. The van der Waals surface area contributed by atoms with Gasteiger partial charge in [-0.1, -0.05) is 18.2 Å². The van der Waals surface area contributed by atoms with Gasteiger partial charge in [-0.25, -0.2) is 23.4 Å². The number of aryl methyl sites for hydroxylation is 1. The molecule has 4 heterocycles. The Bertz CT molecular complexity index is 1850. The molecule has 1 aliphatic rings. The Morgan fingerprint density at radius 2 is 1.81 bits per heavy atom. The van der Waals surface area contributed by atoms with E-state index in [1.165, 1.54) is 16.9 Å². The number of nitrogens with zero attached hydrogens (tertiary/aromatic N) is 6. The highest BCUT2D eigenvalue weighted by molar-refractivity contribution is 5.86. The first kappa shape index (κ1) is 27.4. The molecular formula is C31H31FN6O4. The maximum absolute atomic E-state index is 15.6. The van der Waals surface area contributed by atoms with Gasteiger partial charge in [0.25, 0.3) is 5.56 Å². The van der Waals surface area contributed by atoms with Crippen molar-refractivity contribution >= 4 is 22.5 Å². The number of amides is 1. The fourth-order valence-corrected chi connectivity index (χ4v) is 5.17. The van der Waals surface area contributed by atoms with E-state index >= 15 is 4.39 Å². The Balaban J connectivity index is 1.31. The molecule has 6 rings (SSSR count). The summed E-state index contributed by atoms with van der Waals surface area (Å²) < 4.78 is 30.2. The number of piperidine rings is 1. The molecule has 0 aliphatic carbocycles. The van der Waals surface area contributed by atoms with Gasteiger partial charge >= 0.3 is 6.09 Å². The van der Waals surface area contributed by atoms with Gasteiger partial charge in [-0.2, -0.15) is 10.2 Å². The highest BCUT2D eigenvalue weighted by Gasteiger charge is 2.29. The molecular weight excluding hydrogens is 539 g/mol. The first-order valence-corrected chi connectivity index (χ1v) is 13.8. The molecule has 0 unspecified atom stereocenters. The molecule has 0 spiro atoms. The van der Waals surface area contributed by atoms with E-state index in [-0.39, 0.29) is 17.5 Å². The SMILES string of the molecule is Cc1cn2nc(-c3cc(F)c4c(=O)n(C5CCN(C(=O)OC(C)(C)C)CC5)ncc4c3)cc(Oc3ccccc3)c2n1. The summed E-state index contributed by atoms with van der Waals surface area (Å²) in [5, 5.41) is 9.37. The summed E-state index contributed by atoms with van der Waals surface area (Å²) in [5.74, 6) is 0.429. The number of benzene rings is 2. The lowest BCUT2D eigenvalue weighted by atomic mass is 10.0. The molecule has 216 valence electrons. The standard InChI is InChI=1S/C31H31FN6O4/c1-19-18-37-28(34-19)26(41-23-8-6-5-7-9-23)16-25(35-37)20-14-21-17-33-38(29(39)27(21)24(32)15-20)22-10-12-36(13-11-22)30(40)42-31(2,3)4/h5-9,14-18,22H,10-13H2,1-4H3. The maximum Gasteiger partial charge on any atom is 0.410 e. The molecule has 11 heteroatoms. The fraction of sp³-hybridized carbons (Fsp3) is 0.323. The number of hydrogen-bond acceptors (Lipinski definition) is 7. The molecule has 0 atom stereocenters. The second-order valence-corrected chi connectivity index (χ2v) is 11.5. The molecule has 1 fully saturated rings. The van der Waals surface area contributed by atoms with Crippen LogP contribution in [0.15, 0.2) is 65.7 Å². The average molecular weight is 571 g/mol. The van der Waals surface area contributed by atoms with Crippen LogP contribution in [0, 0.1) is 12.7 Å². The lowest BCUT2D eigenvalue weighted by Crippen LogP contribution is -2.43. The predicted molar refractivity (Wildman–Crippen MR) is 155 cm³/mol. The minimum atomic E-state index is -0.663. The van der Waals surface area contributed by atoms with Crippen LogP contribution in [0.2, 0.25) is 0 Å². The number of carbonyl (C=O) groups is 1. The number of aromatic nitrogens is 5. The van der Waals surface area contributed by atoms with Crippen molar-refractivity contribution in [2.45, 2.75) is 52.2 Å². The van der Waals surface area contributed by atoms with Gasteiger partial charge in [0.15, 0.2) is 11.4 Å². The molecule has 0 radical (unpaired) electrons. The number of fused-ring (bicyclic) bond motifs is 2. The monoisotopic (exact) mass is 570 g/mol. The van der Waals surface area contributed by atoms with Crippen molar-refractivity contribution in [1.29, 1.82) is 0 Å². The van der Waals surface area contributed by atoms with Crippen molar-refractivity contribution in [2.24, 2.45) is 0 Å². The maximum atomic E-state index is 15.6. The van der Waals surface area contributed by atoms with Crippen molar-refractivity contribution in [3.8, 4) is 22.8 Å². The molecule has 10 nitrogen and oxygen atoms in total. The zero-order valence-corrected chi connectivity index (χ0v) is 23.9. The minimum absolute atomic E-state index is 0.0383. The highest BCUT2D eigenvalue weighted by atomic mass is 19.1. The summed E-state index contributed by atoms with van der Waals surface area (Å²) >= 11 is 0. The summed E-state index contributed by atoms with van der Waals surface area (Å²) in [5.41, 5.74) is 1.11. The van der Waals surface area contributed by atoms with Crippen LogP contribution in [0.3, 0.4) is 0 Å². The molecule has 0 bridgehead atoms. The number of para-hydroxylation sites is 1. The van der Waals surface area contributed by atoms with Crippen LogP contribution in [0.1, 0.15) is 45.3 Å². The number of rotatable bonds is 4. The number of likely N-dealkylation sites (tertiary alicyclic amines) is 1. The molecule has 1 amide bonds. The normalized spacial score (nSPS) is 14.5. The van der Waals surface area contributed by atoms with Gasteiger partial charge in [-0.05, 0) is 64.8 Å². The van der Waals surface area contributed by atoms with Crippen molar-refractivity contribution in [2.75, 3.05) is 13.1 Å². The van der Waals surface area contributed by atoms with Gasteiger partial charge in [0.05, 0.1) is 35.2 Å². The van der Waals surface area contributed by atoms with E-state index in [0.717, 1.165) is 5.69 Å². The Labute approximate surface area is 241 Å². The lowest BCUT2D eigenvalue weighted by molar-refractivity contribution is 0.0183. The highest BCUT2D eigenvalue weighted by Crippen LogP contribution is 2.32. The largest absolute Gasteiger partial charge is 0.453 e. The molecule has 2 aromatic carbocycles. The Kier molecular flexibility index (Phi) is 6.88. The van der Waals surface area contributed by atoms with E-state index in [2.05, 4.69) is 15.2 Å². The second-order valence-electron chi connectivity index (χ2n) is 11.5. The number of ether oxygens (including phenoxy) is 2. The molecule has 0 saturated carbocycles. The first-order valence-electron chi connectivity index (χ1n) is 13.8. The number of carbonyl (C=O) groups excluding carboxylic acids is 1. The Morgan fingerprint density at radius 1 is 1.07 bits per heavy atom. The first-order chi connectivity index (χ1) is 20.1. The molecule has 1 saturated heterocycles. The third-order valence-electron chi connectivity index (χ3n) is 7.10. The van der Waals surface area contributed by atoms with Gasteiger partial charge in [0.1, 0.15) is 17.2 Å². The van der Waals surface area contributed by atoms with Crippen LogP contribution in [-0.2, 0) is 4.74 Å². The van der Waals surface area contributed by atoms with Gasteiger partial charge < -0.3 is 14.4 Å². The van der Waals surface area contributed by atoms with E-state index in [4.69, 9.17) is 9.47 Å². The van der Waals surface area contributed by atoms with E-state index in [1.54, 1.807) is 27.7 Å². The van der Waals surface area contributed by atoms with Crippen LogP contribution < -0.4 is 10.3 Å². The summed E-state index contributed by atoms with van der Waals surface area (Å²) in [6.45, 7) is 8.15. The molecule has 42 heavy (non-hydrogen) atoms. The summed E-state index contributed by atoms with van der Waals surface area (Å²) in [4.78, 5) is 32.0. The van der Waals surface area contributed by atoms with Gasteiger partial charge in [-0.15, -0.1) is 0 Å². The number of hydrogen-bond donors (Lipinski definition) is 0. The van der Waals surface area contributed by atoms with Crippen LogP contribution >= 0.6 is 0 Å². The van der Waals surface area contributed by atoms with Crippen molar-refractivity contribution < 1.29 is 18.7 Å². The summed E-state index contributed by atoms with van der Waals surface area (Å²) in [7, 11) is 0. The smallest absolute Gasteiger partial charge is 0.410 e. The van der Waals surface area contributed by atoms with E-state index in [9.17, 15) is 9.59 Å². The van der Waals surface area contributed by atoms with Crippen molar-refractivity contribution in [3.63, 3.8) is 0 Å². The van der Waals surface area contributed by atoms with E-state index in [1.807, 2.05) is 58.0 Å². The van der Waals surface area contributed by atoms with Gasteiger partial charge in [0, 0.05) is 30.1 Å². The van der Waals surface area contributed by atoms with Crippen LogP contribution in [0.4, 0.5) is 9.18 Å². The molecule has 0 N–H and O–H groups in total. The van der Waals surface area contributed by atoms with E-state index in [0.29, 0.717) is 59.7 Å². The summed E-state index contributed by atoms with van der Waals surface area (Å²) in [6, 6.07) is 13.8. The Hall–Kier alpha value is -4.80. The third kappa shape index (κ3) is 5.41. The van der Waals surface area contributed by atoms with Gasteiger partial charge in [-0.3, -0.25) is 4.79 Å². The number of imidazole rings is 1. The molecule has 1 aliphatic heterocycles. The van der Waals surface area contributed by atoms with Crippen LogP contribution in [-0.4, -0.2) is 54.1 Å². The second kappa shape index (κ2) is 10.6. The number of halogens is 1. The third-order valence-corrected chi connectivity index (χ3v) is 7.10. The topological polar surface area (TPSA) is 104 Å². The lowest BCUT2D eigenvalue weighted by Gasteiger charge is -2.33. The summed E-state index contributed by atoms with van der Waals surface area (Å²) in [6.07, 6.45) is 3.91. The van der Waals surface area contributed by atoms with Crippen LogP contribution in [0.25, 0.3) is 27.7 Å².